The van der Waals surface area contributed by atoms with Crippen LogP contribution in [-0.2, 0) is 23.4 Å². The Kier molecular flexibility index (Phi) is 9.21. The van der Waals surface area contributed by atoms with Crippen LogP contribution in [0.15, 0.2) is 41.8 Å². The second-order valence-corrected chi connectivity index (χ2v) is 11.5. The number of aliphatic hydroxyl groups excluding tert-OH is 1. The van der Waals surface area contributed by atoms with E-state index in [4.69, 9.17) is 29.0 Å². The summed E-state index contributed by atoms with van der Waals surface area (Å²) in [6, 6.07) is 7.08. The van der Waals surface area contributed by atoms with Crippen molar-refractivity contribution in [1.29, 1.82) is 0 Å². The highest BCUT2D eigenvalue weighted by Gasteiger charge is 2.55. The first-order valence-corrected chi connectivity index (χ1v) is 14.4. The predicted molar refractivity (Wildman–Crippen MR) is 148 cm³/mol. The molecule has 2 aromatic heterocycles. The molecule has 17 nitrogen and oxygen atoms in total. The summed E-state index contributed by atoms with van der Waals surface area (Å²) in [4.78, 5) is 27.8. The van der Waals surface area contributed by atoms with E-state index in [9.17, 15) is 20.0 Å². The number of methoxy groups -OCH3 is 1. The zero-order valence-electron chi connectivity index (χ0n) is 23.5. The minimum atomic E-state index is -4.29. The van der Waals surface area contributed by atoms with Crippen molar-refractivity contribution >= 4 is 30.8 Å². The number of hydrogen-bond acceptors (Lipinski definition) is 13. The number of ether oxygens (including phenoxy) is 3. The summed E-state index contributed by atoms with van der Waals surface area (Å²) in [7, 11) is -2.90. The third kappa shape index (κ3) is 6.41. The molecular formula is C24H32N9O8P. The number of hydrogen-bond donors (Lipinski definition) is 3. The summed E-state index contributed by atoms with van der Waals surface area (Å²) in [5.74, 6) is -0.489. The van der Waals surface area contributed by atoms with Gasteiger partial charge in [-0.3, -0.25) is 13.9 Å². The summed E-state index contributed by atoms with van der Waals surface area (Å²) >= 11 is 0. The van der Waals surface area contributed by atoms with Crippen LogP contribution in [0.4, 0.5) is 5.95 Å². The van der Waals surface area contributed by atoms with Crippen molar-refractivity contribution < 1.29 is 37.7 Å². The molecule has 0 radical (unpaired) electrons. The zero-order chi connectivity index (χ0) is 30.7. The van der Waals surface area contributed by atoms with E-state index in [0.29, 0.717) is 0 Å². The van der Waals surface area contributed by atoms with Crippen LogP contribution in [-0.4, -0.2) is 74.2 Å². The molecule has 0 saturated carbocycles. The van der Waals surface area contributed by atoms with E-state index in [1.165, 1.54) is 31.9 Å². The molecular weight excluding hydrogens is 573 g/mol. The van der Waals surface area contributed by atoms with Gasteiger partial charge in [0.1, 0.15) is 23.4 Å². The van der Waals surface area contributed by atoms with Gasteiger partial charge in [-0.25, -0.2) is 9.55 Å². The number of azide groups is 1. The number of esters is 1. The molecule has 3 heterocycles. The van der Waals surface area contributed by atoms with Gasteiger partial charge in [-0.1, -0.05) is 23.3 Å². The van der Waals surface area contributed by atoms with Gasteiger partial charge < -0.3 is 29.6 Å². The van der Waals surface area contributed by atoms with Gasteiger partial charge in [-0.15, -0.1) is 0 Å². The number of carbonyl (C=O) groups is 1. The number of nitrogens with one attached hydrogen (secondary N) is 1. The molecule has 1 aromatic carbocycles. The Morgan fingerprint density at radius 2 is 2.05 bits per heavy atom. The van der Waals surface area contributed by atoms with Crippen molar-refractivity contribution in [2.75, 3.05) is 19.5 Å². The molecule has 4 rings (SSSR count). The first-order chi connectivity index (χ1) is 19.9. The summed E-state index contributed by atoms with van der Waals surface area (Å²) < 4.78 is 43.2. The topological polar surface area (TPSA) is 231 Å². The molecule has 1 aliphatic rings. The fourth-order valence-corrected chi connectivity index (χ4v) is 5.81. The van der Waals surface area contributed by atoms with E-state index in [2.05, 4.69) is 30.1 Å². The lowest BCUT2D eigenvalue weighted by molar-refractivity contribution is -0.149. The van der Waals surface area contributed by atoms with E-state index in [0.717, 1.165) is 0 Å². The van der Waals surface area contributed by atoms with Crippen LogP contribution in [0.1, 0.15) is 33.9 Å². The summed E-state index contributed by atoms with van der Waals surface area (Å²) in [5.41, 5.74) is 14.0. The summed E-state index contributed by atoms with van der Waals surface area (Å²) in [6.45, 7) is 5.76. The average molecular weight is 606 g/mol. The zero-order valence-corrected chi connectivity index (χ0v) is 24.4. The van der Waals surface area contributed by atoms with Crippen LogP contribution < -0.4 is 20.1 Å². The number of carbonyl (C=O) groups excluding carboxylic acids is 1. The number of aromatic nitrogens is 4. The number of rotatable bonds is 12. The third-order valence-corrected chi connectivity index (χ3v) is 7.95. The van der Waals surface area contributed by atoms with Crippen LogP contribution >= 0.6 is 7.75 Å². The standard InChI is InChI=1S/C24H32N9O8P/c1-13(2)39-21(35)14(3)30-42(36,41-15-9-7-6-8-10-15)38-11-16-18(34)24(4,31-32-26)22(40-16)33-12-27-17-19(33)28-23(25)29-20(17)37-5/h6-10,12-14,16,18,22,34H,11H2,1-5H3,(H,30,36)(H2,25,28,29)/t14-,16+,18?,22+,24+,42?/m0/s1. The Bertz CT molecular complexity index is 1520. The van der Waals surface area contributed by atoms with Crippen LogP contribution in [0.2, 0.25) is 0 Å². The van der Waals surface area contributed by atoms with Crippen molar-refractivity contribution in [2.24, 2.45) is 5.11 Å². The van der Waals surface area contributed by atoms with Gasteiger partial charge in [0.25, 0.3) is 0 Å². The quantitative estimate of drug-likeness (QED) is 0.0887. The monoisotopic (exact) mass is 605 g/mol. The molecule has 3 aromatic rings. The Balaban J connectivity index is 1.62. The van der Waals surface area contributed by atoms with Gasteiger partial charge in [-0.05, 0) is 45.4 Å². The maximum absolute atomic E-state index is 13.9. The molecule has 6 atom stereocenters. The lowest BCUT2D eigenvalue weighted by atomic mass is 9.93. The molecule has 1 aliphatic heterocycles. The fourth-order valence-electron chi connectivity index (χ4n) is 4.31. The number of anilines is 1. The van der Waals surface area contributed by atoms with Crippen LogP contribution in [0.3, 0.4) is 0 Å². The Hall–Kier alpha value is -3.98. The maximum atomic E-state index is 13.9. The highest BCUT2D eigenvalue weighted by molar-refractivity contribution is 7.52. The highest BCUT2D eigenvalue weighted by atomic mass is 31.2. The Labute approximate surface area is 240 Å². The SMILES string of the molecule is COc1nc(N)nc2c1ncn2[C@@H]1O[C@H](COP(=O)(N[C@@H](C)C(=O)OC(C)C)Oc2ccccc2)C(O)[C@@]1(C)N=[N+]=[N-]. The molecule has 0 aliphatic carbocycles. The molecule has 0 bridgehead atoms. The van der Waals surface area contributed by atoms with Crippen molar-refractivity contribution in [2.45, 2.75) is 63.8 Å². The number of para-hydroxylation sites is 1. The number of imidazole rings is 1. The second-order valence-electron chi connectivity index (χ2n) is 9.84. The molecule has 2 unspecified atom stereocenters. The highest BCUT2D eigenvalue weighted by Crippen LogP contribution is 2.48. The lowest BCUT2D eigenvalue weighted by Crippen LogP contribution is -2.43. The Morgan fingerprint density at radius 1 is 1.33 bits per heavy atom. The maximum Gasteiger partial charge on any atom is 0.459 e. The van der Waals surface area contributed by atoms with Crippen molar-refractivity contribution in [3.63, 3.8) is 0 Å². The van der Waals surface area contributed by atoms with E-state index >= 15 is 0 Å². The number of fused-ring (bicyclic) bond motifs is 1. The molecule has 1 fully saturated rings. The third-order valence-electron chi connectivity index (χ3n) is 6.30. The first kappa shape index (κ1) is 31.0. The number of nitrogens with two attached hydrogens (primary N) is 1. The van der Waals surface area contributed by atoms with Crippen LogP contribution in [0.5, 0.6) is 11.6 Å². The molecule has 18 heteroatoms. The van der Waals surface area contributed by atoms with E-state index in [1.807, 2.05) is 0 Å². The van der Waals surface area contributed by atoms with Crippen LogP contribution in [0, 0.1) is 0 Å². The molecule has 42 heavy (non-hydrogen) atoms. The van der Waals surface area contributed by atoms with Gasteiger partial charge >= 0.3 is 13.7 Å². The van der Waals surface area contributed by atoms with Gasteiger partial charge in [0, 0.05) is 4.91 Å². The normalized spacial score (nSPS) is 24.1. The molecule has 226 valence electrons. The van der Waals surface area contributed by atoms with Gasteiger partial charge in [0.2, 0.25) is 11.8 Å². The smallest absolute Gasteiger partial charge is 0.459 e. The molecule has 0 amide bonds. The van der Waals surface area contributed by atoms with Crippen molar-refractivity contribution in [3.05, 3.63) is 47.1 Å². The summed E-state index contributed by atoms with van der Waals surface area (Å²) in [6.07, 6.45) is -2.89. The predicted octanol–water partition coefficient (Wildman–Crippen LogP) is 2.88. The molecule has 0 spiro atoms. The largest absolute Gasteiger partial charge is 0.479 e. The van der Waals surface area contributed by atoms with Gasteiger partial charge in [-0.2, -0.15) is 15.1 Å². The Morgan fingerprint density at radius 3 is 2.69 bits per heavy atom. The minimum Gasteiger partial charge on any atom is -0.479 e. The number of benzene rings is 1. The number of nitrogens with zero attached hydrogens (tertiary/aromatic N) is 7. The van der Waals surface area contributed by atoms with E-state index < -0.39 is 56.4 Å². The van der Waals surface area contributed by atoms with E-state index in [1.54, 1.807) is 44.2 Å². The average Bonchev–Trinajstić information content (AvgIpc) is 3.45. The molecule has 4 N–H and O–H groups in total. The molecule has 1 saturated heterocycles. The van der Waals surface area contributed by atoms with Crippen molar-refractivity contribution in [3.8, 4) is 11.6 Å². The fraction of sp³-hybridized carbons (Fsp3) is 0.500. The first-order valence-electron chi connectivity index (χ1n) is 12.8. The van der Waals surface area contributed by atoms with Gasteiger partial charge in [0.15, 0.2) is 17.4 Å². The lowest BCUT2D eigenvalue weighted by Gasteiger charge is -2.28. The second kappa shape index (κ2) is 12.5. The van der Waals surface area contributed by atoms with E-state index in [-0.39, 0.29) is 28.7 Å². The van der Waals surface area contributed by atoms with Crippen LogP contribution in [0.25, 0.3) is 21.6 Å². The van der Waals surface area contributed by atoms with Crippen molar-refractivity contribution in [1.82, 2.24) is 24.6 Å². The minimum absolute atomic E-state index is 0.107. The number of aliphatic hydroxyl groups is 1. The summed E-state index contributed by atoms with van der Waals surface area (Å²) in [5, 5.41) is 17.7. The van der Waals surface area contributed by atoms with Gasteiger partial charge in [0.05, 0.1) is 32.3 Å². The number of nitrogen functional groups attached to an aromatic ring is 1.